The number of hydrogen-bond acceptors (Lipinski definition) is 5. The Labute approximate surface area is 312 Å². The Balaban J connectivity index is 1.11. The van der Waals surface area contributed by atoms with Gasteiger partial charge in [-0.3, -0.25) is 4.98 Å². The summed E-state index contributed by atoms with van der Waals surface area (Å²) >= 11 is 0. The fraction of sp³-hybridized carbons (Fsp3) is 0.0408. The maximum absolute atomic E-state index is 5.36. The topological polar surface area (TPSA) is 64.5 Å². The number of aryl methyl sites for hydroxylation is 2. The Morgan fingerprint density at radius 2 is 0.778 bits per heavy atom. The number of aromatic nitrogens is 5. The molecule has 0 saturated carbocycles. The molecular weight excluding hydrogens is 659 g/mol. The van der Waals surface area contributed by atoms with Gasteiger partial charge >= 0.3 is 0 Å². The maximum Gasteiger partial charge on any atom is 0.164 e. The minimum absolute atomic E-state index is 0.620. The van der Waals surface area contributed by atoms with Gasteiger partial charge < -0.3 is 0 Å². The lowest BCUT2D eigenvalue weighted by Gasteiger charge is -2.15. The molecule has 7 aromatic carbocycles. The van der Waals surface area contributed by atoms with Crippen LogP contribution in [0.15, 0.2) is 164 Å². The van der Waals surface area contributed by atoms with Crippen LogP contribution in [0.3, 0.4) is 0 Å². The molecule has 0 amide bonds. The zero-order chi connectivity index (χ0) is 36.2. The van der Waals surface area contributed by atoms with E-state index in [-0.39, 0.29) is 0 Å². The molecule has 0 aliphatic rings. The van der Waals surface area contributed by atoms with E-state index < -0.39 is 0 Å². The van der Waals surface area contributed by atoms with E-state index in [1.54, 1.807) is 0 Å². The SMILES string of the molecule is Cc1ccc(-c2ccc(-c3nc(-c4ccccc4)nc(-c4ccc(-c5c6ccc7ccccc7c6nc6c5ccc5ccccc56)cc4)n3)cc2)c(C)n1. The molecule has 0 saturated heterocycles. The normalized spacial score (nSPS) is 11.5. The van der Waals surface area contributed by atoms with Crippen LogP contribution in [0.2, 0.25) is 0 Å². The van der Waals surface area contributed by atoms with E-state index in [0.29, 0.717) is 17.5 Å². The Kier molecular flexibility index (Phi) is 7.51. The van der Waals surface area contributed by atoms with Gasteiger partial charge in [0.1, 0.15) is 0 Å². The zero-order valence-electron chi connectivity index (χ0n) is 29.8. The van der Waals surface area contributed by atoms with Gasteiger partial charge in [-0.2, -0.15) is 0 Å². The van der Waals surface area contributed by atoms with Gasteiger partial charge in [-0.15, -0.1) is 0 Å². The first kappa shape index (κ1) is 31.6. The predicted octanol–water partition coefficient (Wildman–Crippen LogP) is 12.2. The van der Waals surface area contributed by atoms with Crippen LogP contribution < -0.4 is 0 Å². The first-order valence-electron chi connectivity index (χ1n) is 18.2. The highest BCUT2D eigenvalue weighted by molar-refractivity contribution is 6.21. The second kappa shape index (κ2) is 12.8. The highest BCUT2D eigenvalue weighted by atomic mass is 15.0. The van der Waals surface area contributed by atoms with Crippen molar-refractivity contribution in [3.8, 4) is 56.4 Å². The van der Waals surface area contributed by atoms with Gasteiger partial charge in [-0.25, -0.2) is 19.9 Å². The van der Waals surface area contributed by atoms with Gasteiger partial charge in [-0.1, -0.05) is 158 Å². The molecule has 5 nitrogen and oxygen atoms in total. The van der Waals surface area contributed by atoms with Crippen LogP contribution in [0.25, 0.3) is 99.8 Å². The maximum atomic E-state index is 5.36. The summed E-state index contributed by atoms with van der Waals surface area (Å²) in [7, 11) is 0. The van der Waals surface area contributed by atoms with E-state index in [1.807, 2.05) is 37.3 Å². The summed E-state index contributed by atoms with van der Waals surface area (Å²) < 4.78 is 0. The third kappa shape index (κ3) is 5.46. The Hall–Kier alpha value is -7.11. The largest absolute Gasteiger partial charge is 0.258 e. The molecule has 0 radical (unpaired) electrons. The van der Waals surface area contributed by atoms with E-state index in [4.69, 9.17) is 19.9 Å². The third-order valence-electron chi connectivity index (χ3n) is 10.3. The smallest absolute Gasteiger partial charge is 0.164 e. The summed E-state index contributed by atoms with van der Waals surface area (Å²) in [5.74, 6) is 1.87. The minimum Gasteiger partial charge on any atom is -0.258 e. The number of rotatable bonds is 5. The van der Waals surface area contributed by atoms with Gasteiger partial charge in [0.15, 0.2) is 17.5 Å². The van der Waals surface area contributed by atoms with Crippen LogP contribution in [0.1, 0.15) is 11.4 Å². The van der Waals surface area contributed by atoms with Crippen molar-refractivity contribution in [3.63, 3.8) is 0 Å². The fourth-order valence-electron chi connectivity index (χ4n) is 7.65. The van der Waals surface area contributed by atoms with E-state index in [2.05, 4.69) is 145 Å². The Morgan fingerprint density at radius 1 is 0.315 bits per heavy atom. The minimum atomic E-state index is 0.620. The lowest BCUT2D eigenvalue weighted by Crippen LogP contribution is -2.00. The van der Waals surface area contributed by atoms with Crippen LogP contribution >= 0.6 is 0 Å². The van der Waals surface area contributed by atoms with Crippen molar-refractivity contribution in [2.45, 2.75) is 13.8 Å². The number of benzene rings is 7. The molecule has 0 unspecified atom stereocenters. The lowest BCUT2D eigenvalue weighted by atomic mass is 9.92. The molecule has 0 atom stereocenters. The molecule has 0 fully saturated rings. The highest BCUT2D eigenvalue weighted by Crippen LogP contribution is 2.40. The first-order valence-corrected chi connectivity index (χ1v) is 18.2. The van der Waals surface area contributed by atoms with E-state index in [9.17, 15) is 0 Å². The van der Waals surface area contributed by atoms with Crippen LogP contribution in [0.5, 0.6) is 0 Å². The second-order valence-corrected chi connectivity index (χ2v) is 13.8. The molecule has 5 heteroatoms. The molecule has 0 aliphatic heterocycles. The summed E-state index contributed by atoms with van der Waals surface area (Å²) in [6.07, 6.45) is 0. The van der Waals surface area contributed by atoms with Crippen molar-refractivity contribution < 1.29 is 0 Å². The average molecular weight is 692 g/mol. The molecule has 0 bridgehead atoms. The van der Waals surface area contributed by atoms with Crippen LogP contribution in [0, 0.1) is 13.8 Å². The molecule has 10 aromatic rings. The van der Waals surface area contributed by atoms with Gasteiger partial charge in [0.2, 0.25) is 0 Å². The molecule has 54 heavy (non-hydrogen) atoms. The van der Waals surface area contributed by atoms with Crippen LogP contribution in [-0.2, 0) is 0 Å². The summed E-state index contributed by atoms with van der Waals surface area (Å²) in [5, 5.41) is 6.89. The summed E-state index contributed by atoms with van der Waals surface area (Å²) in [5.41, 5.74) is 11.3. The van der Waals surface area contributed by atoms with Crippen molar-refractivity contribution in [2.24, 2.45) is 0 Å². The third-order valence-corrected chi connectivity index (χ3v) is 10.3. The second-order valence-electron chi connectivity index (χ2n) is 13.8. The van der Waals surface area contributed by atoms with Gasteiger partial charge in [0.05, 0.1) is 11.0 Å². The number of pyridine rings is 2. The van der Waals surface area contributed by atoms with Crippen molar-refractivity contribution in [1.82, 2.24) is 24.9 Å². The molecule has 3 heterocycles. The van der Waals surface area contributed by atoms with Gasteiger partial charge in [0, 0.05) is 60.8 Å². The van der Waals surface area contributed by atoms with Crippen LogP contribution in [-0.4, -0.2) is 24.9 Å². The molecule has 3 aromatic heterocycles. The van der Waals surface area contributed by atoms with Gasteiger partial charge in [0.25, 0.3) is 0 Å². The molecule has 254 valence electrons. The van der Waals surface area contributed by atoms with Crippen molar-refractivity contribution in [1.29, 1.82) is 0 Å². The number of nitrogens with zero attached hydrogens (tertiary/aromatic N) is 5. The van der Waals surface area contributed by atoms with E-state index in [1.165, 1.54) is 16.3 Å². The highest BCUT2D eigenvalue weighted by Gasteiger charge is 2.17. The first-order chi connectivity index (χ1) is 26.6. The zero-order valence-corrected chi connectivity index (χ0v) is 29.8. The van der Waals surface area contributed by atoms with E-state index >= 15 is 0 Å². The number of fused-ring (bicyclic) bond motifs is 6. The fourth-order valence-corrected chi connectivity index (χ4v) is 7.65. The molecule has 0 aliphatic carbocycles. The molecule has 0 N–H and O–H groups in total. The van der Waals surface area contributed by atoms with Gasteiger partial charge in [-0.05, 0) is 41.8 Å². The monoisotopic (exact) mass is 691 g/mol. The summed E-state index contributed by atoms with van der Waals surface area (Å²) in [6, 6.07) is 57.1. The Bertz CT molecular complexity index is 2950. The average Bonchev–Trinajstić information content (AvgIpc) is 3.23. The molecule has 0 spiro atoms. The van der Waals surface area contributed by atoms with Crippen molar-refractivity contribution in [3.05, 3.63) is 175 Å². The predicted molar refractivity (Wildman–Crippen MR) is 222 cm³/mol. The standard InChI is InChI=1S/C49H33N5/c1-30-16-27-39(31(2)50-30)34-17-21-37(22-18-34)48-52-47(36-12-4-3-5-13-36)53-49(54-48)38-23-19-35(20-24-38)44-42-28-25-32-10-6-8-14-40(32)45(42)51-46-41-15-9-7-11-33(41)26-29-43(44)46/h3-29H,1-2H3. The quantitative estimate of drug-likeness (QED) is 0.133. The summed E-state index contributed by atoms with van der Waals surface area (Å²) in [4.78, 5) is 25.1. The van der Waals surface area contributed by atoms with Crippen molar-refractivity contribution in [2.75, 3.05) is 0 Å². The van der Waals surface area contributed by atoms with Crippen LogP contribution in [0.4, 0.5) is 0 Å². The van der Waals surface area contributed by atoms with Crippen molar-refractivity contribution >= 4 is 43.4 Å². The molecule has 10 rings (SSSR count). The Morgan fingerprint density at radius 3 is 1.31 bits per heavy atom. The molecular formula is C49H33N5. The number of hydrogen-bond donors (Lipinski definition) is 0. The summed E-state index contributed by atoms with van der Waals surface area (Å²) in [6.45, 7) is 4.07. The van der Waals surface area contributed by atoms with E-state index in [0.717, 1.165) is 77.3 Å². The lowest BCUT2D eigenvalue weighted by molar-refractivity contribution is 1.07.